The Hall–Kier alpha value is -0.570. The average molecular weight is 292 g/mol. The molecule has 3 N–H and O–H groups in total. The van der Waals surface area contributed by atoms with E-state index in [9.17, 15) is 8.42 Å². The first-order valence-corrected chi connectivity index (χ1v) is 8.42. The number of thioether (sulfide) groups is 1. The van der Waals surface area contributed by atoms with Gasteiger partial charge in [-0.1, -0.05) is 6.92 Å². The minimum absolute atomic E-state index is 0.106. The summed E-state index contributed by atoms with van der Waals surface area (Å²) in [6, 6.07) is -0.106. The summed E-state index contributed by atoms with van der Waals surface area (Å²) >= 11 is 1.70. The zero-order chi connectivity index (χ0) is 13.6. The van der Waals surface area contributed by atoms with Crippen molar-refractivity contribution in [1.29, 1.82) is 0 Å². The van der Waals surface area contributed by atoms with Crippen molar-refractivity contribution in [3.63, 3.8) is 0 Å². The minimum atomic E-state index is -3.52. The molecule has 0 aliphatic heterocycles. The van der Waals surface area contributed by atoms with Crippen molar-refractivity contribution in [2.45, 2.75) is 31.5 Å². The Morgan fingerprint density at radius 3 is 2.89 bits per heavy atom. The number of sulfonamides is 1. The van der Waals surface area contributed by atoms with Crippen molar-refractivity contribution in [3.8, 4) is 0 Å². The third-order valence-corrected chi connectivity index (χ3v) is 4.99. The molecular weight excluding hydrogens is 272 g/mol. The molecule has 1 atom stereocenters. The van der Waals surface area contributed by atoms with Gasteiger partial charge in [0.15, 0.2) is 5.03 Å². The summed E-state index contributed by atoms with van der Waals surface area (Å²) in [5.74, 6) is 1.73. The Labute approximate surface area is 112 Å². The summed E-state index contributed by atoms with van der Waals surface area (Å²) in [6.07, 6.45) is 1.52. The summed E-state index contributed by atoms with van der Waals surface area (Å²) < 4.78 is 26.9. The van der Waals surface area contributed by atoms with E-state index in [1.807, 2.05) is 13.8 Å². The van der Waals surface area contributed by atoms with Crippen molar-refractivity contribution in [1.82, 2.24) is 20.2 Å². The van der Waals surface area contributed by atoms with Gasteiger partial charge in [0.2, 0.25) is 0 Å². The maximum absolute atomic E-state index is 12.1. The van der Waals surface area contributed by atoms with E-state index in [1.165, 1.54) is 6.20 Å². The van der Waals surface area contributed by atoms with Crippen molar-refractivity contribution in [3.05, 3.63) is 11.8 Å². The Morgan fingerprint density at radius 1 is 1.56 bits per heavy atom. The van der Waals surface area contributed by atoms with Crippen LogP contribution in [0.2, 0.25) is 0 Å². The number of hydrogen-bond donors (Lipinski definition) is 3. The number of nitrogens with one attached hydrogen (secondary N) is 3. The van der Waals surface area contributed by atoms with Gasteiger partial charge in [-0.25, -0.2) is 13.1 Å². The zero-order valence-corrected chi connectivity index (χ0v) is 12.5. The molecule has 1 heterocycles. The Bertz CT molecular complexity index is 458. The molecule has 6 nitrogen and oxygen atoms in total. The van der Waals surface area contributed by atoms with Gasteiger partial charge >= 0.3 is 0 Å². The fourth-order valence-corrected chi connectivity index (χ4v) is 3.65. The van der Waals surface area contributed by atoms with E-state index in [0.29, 0.717) is 12.1 Å². The van der Waals surface area contributed by atoms with Gasteiger partial charge in [-0.3, -0.25) is 5.10 Å². The van der Waals surface area contributed by atoms with E-state index in [-0.39, 0.29) is 11.1 Å². The molecule has 104 valence electrons. The third-order valence-electron chi connectivity index (χ3n) is 2.24. The molecule has 1 rings (SSSR count). The van der Waals surface area contributed by atoms with Gasteiger partial charge in [-0.2, -0.15) is 16.9 Å². The monoisotopic (exact) mass is 292 g/mol. The minimum Gasteiger partial charge on any atom is -0.316 e. The van der Waals surface area contributed by atoms with Crippen LogP contribution in [0, 0.1) is 0 Å². The van der Waals surface area contributed by atoms with Gasteiger partial charge < -0.3 is 5.32 Å². The molecule has 18 heavy (non-hydrogen) atoms. The van der Waals surface area contributed by atoms with Crippen LogP contribution in [0.4, 0.5) is 0 Å². The third kappa shape index (κ3) is 4.27. The van der Waals surface area contributed by atoms with Crippen LogP contribution in [0.1, 0.15) is 19.4 Å². The topological polar surface area (TPSA) is 86.9 Å². The smallest absolute Gasteiger partial charge is 0.258 e. The number of hydrogen-bond acceptors (Lipinski definition) is 5. The number of nitrogens with zero attached hydrogens (tertiary/aromatic N) is 1. The Kier molecular flexibility index (Phi) is 6.13. The lowest BCUT2D eigenvalue weighted by atomic mass is 10.4. The summed E-state index contributed by atoms with van der Waals surface area (Å²) in [6.45, 7) is 4.37. The zero-order valence-electron chi connectivity index (χ0n) is 10.9. The predicted octanol–water partition coefficient (Wildman–Crippen LogP) is 0.549. The predicted molar refractivity (Wildman–Crippen MR) is 74.1 cm³/mol. The van der Waals surface area contributed by atoms with Crippen LogP contribution in [0.3, 0.4) is 0 Å². The molecule has 1 unspecified atom stereocenters. The van der Waals surface area contributed by atoms with Crippen LogP contribution in [-0.2, 0) is 16.6 Å². The van der Waals surface area contributed by atoms with E-state index in [4.69, 9.17) is 0 Å². The summed E-state index contributed by atoms with van der Waals surface area (Å²) in [5.41, 5.74) is 0.639. The highest BCUT2D eigenvalue weighted by Crippen LogP contribution is 2.13. The fourth-order valence-electron chi connectivity index (χ4n) is 1.50. The molecule has 0 fully saturated rings. The standard InChI is InChI=1S/C10H20N4O2S2/c1-4-17-7-8(2)14-18(15,16)10-9(5-11-3)6-12-13-10/h6,8,11,14H,4-5,7H2,1-3H3,(H,12,13). The van der Waals surface area contributed by atoms with Crippen molar-refractivity contribution >= 4 is 21.8 Å². The van der Waals surface area contributed by atoms with Crippen LogP contribution < -0.4 is 10.0 Å². The summed E-state index contributed by atoms with van der Waals surface area (Å²) in [5, 5.41) is 9.39. The number of aromatic nitrogens is 2. The largest absolute Gasteiger partial charge is 0.316 e. The maximum Gasteiger partial charge on any atom is 0.258 e. The van der Waals surface area contributed by atoms with E-state index >= 15 is 0 Å². The Balaban J connectivity index is 2.76. The van der Waals surface area contributed by atoms with Gasteiger partial charge in [0.25, 0.3) is 10.0 Å². The first-order chi connectivity index (χ1) is 8.51. The second-order valence-corrected chi connectivity index (χ2v) is 6.91. The molecule has 0 saturated heterocycles. The second kappa shape index (κ2) is 7.13. The SMILES string of the molecule is CCSCC(C)NS(=O)(=O)c1[nH]ncc1CNC. The molecule has 8 heteroatoms. The number of rotatable bonds is 8. The van der Waals surface area contributed by atoms with Crippen LogP contribution in [0.15, 0.2) is 11.2 Å². The molecule has 0 saturated carbocycles. The van der Waals surface area contributed by atoms with E-state index in [1.54, 1.807) is 18.8 Å². The summed E-state index contributed by atoms with van der Waals surface area (Å²) in [7, 11) is -1.76. The fraction of sp³-hybridized carbons (Fsp3) is 0.700. The van der Waals surface area contributed by atoms with E-state index in [0.717, 1.165) is 11.5 Å². The van der Waals surface area contributed by atoms with Gasteiger partial charge in [0, 0.05) is 23.9 Å². The quantitative estimate of drug-likeness (QED) is 0.651. The van der Waals surface area contributed by atoms with E-state index in [2.05, 4.69) is 20.2 Å². The summed E-state index contributed by atoms with van der Waals surface area (Å²) in [4.78, 5) is 0. The molecule has 0 radical (unpaired) electrons. The molecule has 0 amide bonds. The average Bonchev–Trinajstić information content (AvgIpc) is 2.75. The van der Waals surface area contributed by atoms with Crippen LogP contribution in [0.5, 0.6) is 0 Å². The highest BCUT2D eigenvalue weighted by Gasteiger charge is 2.22. The normalized spacial score (nSPS) is 13.7. The number of aromatic amines is 1. The van der Waals surface area contributed by atoms with Crippen LogP contribution in [-0.4, -0.2) is 43.2 Å². The molecule has 0 aliphatic carbocycles. The number of H-pyrrole nitrogens is 1. The highest BCUT2D eigenvalue weighted by molar-refractivity contribution is 7.99. The molecule has 1 aromatic heterocycles. The first-order valence-electron chi connectivity index (χ1n) is 5.78. The molecule has 0 spiro atoms. The van der Waals surface area contributed by atoms with Gasteiger partial charge in [0.1, 0.15) is 0 Å². The lowest BCUT2D eigenvalue weighted by Gasteiger charge is -2.13. The van der Waals surface area contributed by atoms with Gasteiger partial charge in [-0.05, 0) is 19.7 Å². The molecule has 0 aliphatic rings. The second-order valence-electron chi connectivity index (χ2n) is 3.94. The molecule has 0 aromatic carbocycles. The molecule has 1 aromatic rings. The van der Waals surface area contributed by atoms with Crippen molar-refractivity contribution < 1.29 is 8.42 Å². The lowest BCUT2D eigenvalue weighted by molar-refractivity contribution is 0.564. The lowest BCUT2D eigenvalue weighted by Crippen LogP contribution is -2.35. The van der Waals surface area contributed by atoms with Gasteiger partial charge in [0.05, 0.1) is 6.20 Å². The van der Waals surface area contributed by atoms with Crippen molar-refractivity contribution in [2.24, 2.45) is 0 Å². The Morgan fingerprint density at radius 2 is 2.28 bits per heavy atom. The van der Waals surface area contributed by atoms with Gasteiger partial charge in [-0.15, -0.1) is 0 Å². The van der Waals surface area contributed by atoms with Crippen LogP contribution in [0.25, 0.3) is 0 Å². The molecular formula is C10H20N4O2S2. The highest BCUT2D eigenvalue weighted by atomic mass is 32.2. The van der Waals surface area contributed by atoms with E-state index < -0.39 is 10.0 Å². The maximum atomic E-state index is 12.1. The van der Waals surface area contributed by atoms with Crippen molar-refractivity contribution in [2.75, 3.05) is 18.6 Å². The first kappa shape index (κ1) is 15.5. The van der Waals surface area contributed by atoms with Crippen LogP contribution >= 0.6 is 11.8 Å². The molecule has 0 bridgehead atoms.